The topological polar surface area (TPSA) is 30.5 Å². The molecule has 1 spiro atoms. The molecule has 0 bridgehead atoms. The standard InChI is InChI=1S/C17H25NO2/c1-13-11-15(19-2)5-6-16(13)18-14-7-10-20-17(12-14)8-3-4-9-17/h5-6,11,14,18H,3-4,7-10,12H2,1-2H3. The molecule has 0 amide bonds. The average Bonchev–Trinajstić information content (AvgIpc) is 2.89. The van der Waals surface area contributed by atoms with Crippen molar-refractivity contribution < 1.29 is 9.47 Å². The molecule has 1 aromatic carbocycles. The minimum absolute atomic E-state index is 0.177. The molecule has 1 unspecified atom stereocenters. The number of nitrogens with one attached hydrogen (secondary N) is 1. The Balaban J connectivity index is 1.68. The van der Waals surface area contributed by atoms with E-state index in [9.17, 15) is 0 Å². The van der Waals surface area contributed by atoms with Crippen molar-refractivity contribution in [2.45, 2.75) is 57.1 Å². The molecule has 1 saturated carbocycles. The van der Waals surface area contributed by atoms with Crippen molar-refractivity contribution in [2.24, 2.45) is 0 Å². The maximum absolute atomic E-state index is 6.10. The minimum atomic E-state index is 0.177. The van der Waals surface area contributed by atoms with E-state index in [4.69, 9.17) is 9.47 Å². The van der Waals surface area contributed by atoms with E-state index in [0.29, 0.717) is 6.04 Å². The first-order chi connectivity index (χ1) is 9.71. The highest BCUT2D eigenvalue weighted by molar-refractivity contribution is 5.54. The summed E-state index contributed by atoms with van der Waals surface area (Å²) in [6.07, 6.45) is 7.40. The summed E-state index contributed by atoms with van der Waals surface area (Å²) in [4.78, 5) is 0. The summed E-state index contributed by atoms with van der Waals surface area (Å²) >= 11 is 0. The average molecular weight is 275 g/mol. The number of hydrogen-bond acceptors (Lipinski definition) is 3. The van der Waals surface area contributed by atoms with Crippen molar-refractivity contribution in [3.05, 3.63) is 23.8 Å². The molecule has 3 nitrogen and oxygen atoms in total. The van der Waals surface area contributed by atoms with Crippen LogP contribution >= 0.6 is 0 Å². The molecule has 110 valence electrons. The van der Waals surface area contributed by atoms with Crippen molar-refractivity contribution in [1.29, 1.82) is 0 Å². The Hall–Kier alpha value is -1.22. The van der Waals surface area contributed by atoms with Gasteiger partial charge in [0.2, 0.25) is 0 Å². The van der Waals surface area contributed by atoms with Crippen molar-refractivity contribution in [3.8, 4) is 5.75 Å². The van der Waals surface area contributed by atoms with Gasteiger partial charge >= 0.3 is 0 Å². The lowest BCUT2D eigenvalue weighted by atomic mass is 9.88. The number of anilines is 1. The van der Waals surface area contributed by atoms with Gasteiger partial charge in [-0.05, 0) is 56.4 Å². The molecule has 1 heterocycles. The third-order valence-electron chi connectivity index (χ3n) is 4.80. The van der Waals surface area contributed by atoms with Crippen molar-refractivity contribution in [2.75, 3.05) is 19.0 Å². The van der Waals surface area contributed by atoms with Crippen molar-refractivity contribution >= 4 is 5.69 Å². The monoisotopic (exact) mass is 275 g/mol. The third-order valence-corrected chi connectivity index (χ3v) is 4.80. The second-order valence-electron chi connectivity index (χ2n) is 6.25. The highest BCUT2D eigenvalue weighted by atomic mass is 16.5. The summed E-state index contributed by atoms with van der Waals surface area (Å²) in [6, 6.07) is 6.78. The smallest absolute Gasteiger partial charge is 0.119 e. The highest BCUT2D eigenvalue weighted by Gasteiger charge is 2.39. The molecule has 1 saturated heterocycles. The van der Waals surface area contributed by atoms with Gasteiger partial charge in [-0.1, -0.05) is 12.8 Å². The summed E-state index contributed by atoms with van der Waals surface area (Å²) in [5.41, 5.74) is 2.65. The van der Waals surface area contributed by atoms with Crippen LogP contribution in [0, 0.1) is 6.92 Å². The number of benzene rings is 1. The molecule has 2 fully saturated rings. The Bertz CT molecular complexity index is 466. The predicted molar refractivity (Wildman–Crippen MR) is 81.5 cm³/mol. The SMILES string of the molecule is COc1ccc(NC2CCOC3(CCCC3)C2)c(C)c1. The van der Waals surface area contributed by atoms with Crippen LogP contribution in [0.25, 0.3) is 0 Å². The van der Waals surface area contributed by atoms with E-state index in [-0.39, 0.29) is 5.60 Å². The number of methoxy groups -OCH3 is 1. The Morgan fingerprint density at radius 3 is 2.80 bits per heavy atom. The van der Waals surface area contributed by atoms with Crippen LogP contribution in [0.5, 0.6) is 5.75 Å². The molecule has 1 atom stereocenters. The fourth-order valence-corrected chi connectivity index (χ4v) is 3.66. The molecule has 0 radical (unpaired) electrons. The third kappa shape index (κ3) is 2.78. The number of ether oxygens (including phenoxy) is 2. The summed E-state index contributed by atoms with van der Waals surface area (Å²) in [5, 5.41) is 3.72. The van der Waals surface area contributed by atoms with Crippen LogP contribution in [0.1, 0.15) is 44.1 Å². The van der Waals surface area contributed by atoms with E-state index in [1.807, 2.05) is 6.07 Å². The molecule has 3 heteroatoms. The summed E-state index contributed by atoms with van der Waals surface area (Å²) in [5.74, 6) is 0.923. The first kappa shape index (κ1) is 13.7. The molecular weight excluding hydrogens is 250 g/mol. The van der Waals surface area contributed by atoms with Gasteiger partial charge in [0.25, 0.3) is 0 Å². The number of rotatable bonds is 3. The van der Waals surface area contributed by atoms with E-state index >= 15 is 0 Å². The lowest BCUT2D eigenvalue weighted by molar-refractivity contribution is -0.0767. The molecule has 0 aromatic heterocycles. The quantitative estimate of drug-likeness (QED) is 0.907. The van der Waals surface area contributed by atoms with Crippen LogP contribution in [-0.4, -0.2) is 25.4 Å². The second-order valence-corrected chi connectivity index (χ2v) is 6.25. The Labute approximate surface area is 121 Å². The fourth-order valence-electron chi connectivity index (χ4n) is 3.66. The summed E-state index contributed by atoms with van der Waals surface area (Å²) in [6.45, 7) is 3.03. The van der Waals surface area contributed by atoms with Crippen LogP contribution < -0.4 is 10.1 Å². The Kier molecular flexibility index (Phi) is 3.88. The molecule has 1 aromatic rings. The van der Waals surface area contributed by atoms with E-state index in [0.717, 1.165) is 25.2 Å². The van der Waals surface area contributed by atoms with Crippen LogP contribution in [0.4, 0.5) is 5.69 Å². The second kappa shape index (κ2) is 5.65. The van der Waals surface area contributed by atoms with Gasteiger partial charge < -0.3 is 14.8 Å². The van der Waals surface area contributed by atoms with Crippen molar-refractivity contribution in [3.63, 3.8) is 0 Å². The van der Waals surface area contributed by atoms with E-state index in [2.05, 4.69) is 24.4 Å². The normalized spacial score (nSPS) is 24.8. The van der Waals surface area contributed by atoms with Gasteiger partial charge in [0.1, 0.15) is 5.75 Å². The maximum Gasteiger partial charge on any atom is 0.119 e. The fraction of sp³-hybridized carbons (Fsp3) is 0.647. The van der Waals surface area contributed by atoms with Gasteiger partial charge in [-0.25, -0.2) is 0 Å². The Morgan fingerprint density at radius 1 is 1.30 bits per heavy atom. The first-order valence-corrected chi connectivity index (χ1v) is 7.76. The first-order valence-electron chi connectivity index (χ1n) is 7.76. The van der Waals surface area contributed by atoms with Gasteiger partial charge in [0.15, 0.2) is 0 Å². The largest absolute Gasteiger partial charge is 0.497 e. The zero-order chi connectivity index (χ0) is 14.0. The van der Waals surface area contributed by atoms with Crippen LogP contribution in [-0.2, 0) is 4.74 Å². The lowest BCUT2D eigenvalue weighted by Gasteiger charge is -2.39. The van der Waals surface area contributed by atoms with Gasteiger partial charge in [-0.2, -0.15) is 0 Å². The molecule has 20 heavy (non-hydrogen) atoms. The maximum atomic E-state index is 6.10. The summed E-state index contributed by atoms with van der Waals surface area (Å²) in [7, 11) is 1.71. The minimum Gasteiger partial charge on any atom is -0.497 e. The Morgan fingerprint density at radius 2 is 2.10 bits per heavy atom. The predicted octanol–water partition coefficient (Wildman–Crippen LogP) is 3.91. The van der Waals surface area contributed by atoms with Gasteiger partial charge in [0, 0.05) is 18.3 Å². The van der Waals surface area contributed by atoms with Crippen molar-refractivity contribution in [1.82, 2.24) is 0 Å². The lowest BCUT2D eigenvalue weighted by Crippen LogP contribution is -2.42. The van der Waals surface area contributed by atoms with Gasteiger partial charge in [-0.3, -0.25) is 0 Å². The summed E-state index contributed by atoms with van der Waals surface area (Å²) < 4.78 is 11.4. The molecule has 1 aliphatic heterocycles. The van der Waals surface area contributed by atoms with E-state index in [1.165, 1.54) is 36.9 Å². The molecule has 1 N–H and O–H groups in total. The van der Waals surface area contributed by atoms with Crippen LogP contribution in [0.2, 0.25) is 0 Å². The van der Waals surface area contributed by atoms with Gasteiger partial charge in [0.05, 0.1) is 12.7 Å². The number of aryl methyl sites for hydroxylation is 1. The van der Waals surface area contributed by atoms with E-state index < -0.39 is 0 Å². The van der Waals surface area contributed by atoms with Crippen LogP contribution in [0.3, 0.4) is 0 Å². The van der Waals surface area contributed by atoms with Gasteiger partial charge in [-0.15, -0.1) is 0 Å². The molecule has 2 aliphatic rings. The number of hydrogen-bond donors (Lipinski definition) is 1. The zero-order valence-corrected chi connectivity index (χ0v) is 12.6. The van der Waals surface area contributed by atoms with E-state index in [1.54, 1.807) is 7.11 Å². The zero-order valence-electron chi connectivity index (χ0n) is 12.6. The molecular formula is C17H25NO2. The molecule has 3 rings (SSSR count). The highest BCUT2D eigenvalue weighted by Crippen LogP contribution is 2.40. The molecule has 1 aliphatic carbocycles. The van der Waals surface area contributed by atoms with Crippen LogP contribution in [0.15, 0.2) is 18.2 Å².